The van der Waals surface area contributed by atoms with Gasteiger partial charge in [-0.15, -0.1) is 0 Å². The molecule has 1 atom stereocenters. The predicted molar refractivity (Wildman–Crippen MR) is 87.9 cm³/mol. The molecule has 1 fully saturated rings. The summed E-state index contributed by atoms with van der Waals surface area (Å²) >= 11 is 0. The summed E-state index contributed by atoms with van der Waals surface area (Å²) in [6, 6.07) is 6.40. The van der Waals surface area contributed by atoms with E-state index in [2.05, 4.69) is 29.5 Å². The van der Waals surface area contributed by atoms with Gasteiger partial charge in [0.1, 0.15) is 0 Å². The zero-order valence-electron chi connectivity index (χ0n) is 13.4. The van der Waals surface area contributed by atoms with Crippen LogP contribution in [0.2, 0.25) is 0 Å². The van der Waals surface area contributed by atoms with Crippen molar-refractivity contribution >= 4 is 11.6 Å². The standard InChI is InChI=1S/C17H27N3O/c1-4-18-17(21)14-8-7-13(2)16(12-14)19-15-6-5-10-20(3)11-9-15/h7-8,12,15,19H,4-6,9-11H2,1-3H3,(H,18,21). The minimum atomic E-state index is 0.00106. The lowest BCUT2D eigenvalue weighted by Crippen LogP contribution is -2.24. The largest absolute Gasteiger partial charge is 0.382 e. The lowest BCUT2D eigenvalue weighted by Gasteiger charge is -2.20. The minimum absolute atomic E-state index is 0.00106. The Bertz CT molecular complexity index is 487. The zero-order chi connectivity index (χ0) is 15.2. The SMILES string of the molecule is CCNC(=O)c1ccc(C)c(NC2CCCN(C)CC2)c1. The molecule has 116 valence electrons. The molecule has 1 heterocycles. The number of rotatable bonds is 4. The quantitative estimate of drug-likeness (QED) is 0.895. The summed E-state index contributed by atoms with van der Waals surface area (Å²) in [6.45, 7) is 6.99. The molecular weight excluding hydrogens is 262 g/mol. The van der Waals surface area contributed by atoms with Crippen molar-refractivity contribution in [3.05, 3.63) is 29.3 Å². The average Bonchev–Trinajstić information content (AvgIpc) is 2.66. The molecule has 1 saturated heterocycles. The molecule has 0 bridgehead atoms. The van der Waals surface area contributed by atoms with Crippen molar-refractivity contribution in [3.63, 3.8) is 0 Å². The number of amides is 1. The lowest BCUT2D eigenvalue weighted by molar-refractivity contribution is 0.0956. The van der Waals surface area contributed by atoms with Crippen LogP contribution in [0.5, 0.6) is 0 Å². The smallest absolute Gasteiger partial charge is 0.251 e. The summed E-state index contributed by atoms with van der Waals surface area (Å²) in [5, 5.41) is 6.49. The summed E-state index contributed by atoms with van der Waals surface area (Å²) in [5.74, 6) is 0.00106. The van der Waals surface area contributed by atoms with Crippen molar-refractivity contribution < 1.29 is 4.79 Å². The first-order valence-electron chi connectivity index (χ1n) is 7.94. The molecule has 1 aliphatic rings. The highest BCUT2D eigenvalue weighted by molar-refractivity contribution is 5.95. The number of aryl methyl sites for hydroxylation is 1. The molecule has 1 aliphatic heterocycles. The highest BCUT2D eigenvalue weighted by Crippen LogP contribution is 2.21. The summed E-state index contributed by atoms with van der Waals surface area (Å²) < 4.78 is 0. The van der Waals surface area contributed by atoms with Gasteiger partial charge in [0.2, 0.25) is 0 Å². The third kappa shape index (κ3) is 4.46. The van der Waals surface area contributed by atoms with Gasteiger partial charge in [-0.25, -0.2) is 0 Å². The fraction of sp³-hybridized carbons (Fsp3) is 0.588. The number of carbonyl (C=O) groups excluding carboxylic acids is 1. The third-order valence-electron chi connectivity index (χ3n) is 4.15. The second-order valence-electron chi connectivity index (χ2n) is 5.96. The van der Waals surface area contributed by atoms with Gasteiger partial charge in [0.15, 0.2) is 0 Å². The van der Waals surface area contributed by atoms with Crippen LogP contribution >= 0.6 is 0 Å². The van der Waals surface area contributed by atoms with Crippen LogP contribution in [0.15, 0.2) is 18.2 Å². The number of nitrogens with zero attached hydrogens (tertiary/aromatic N) is 1. The Kier molecular flexibility index (Phi) is 5.62. The van der Waals surface area contributed by atoms with Gasteiger partial charge in [-0.3, -0.25) is 4.79 Å². The van der Waals surface area contributed by atoms with Crippen molar-refractivity contribution in [2.75, 3.05) is 32.0 Å². The van der Waals surface area contributed by atoms with Gasteiger partial charge in [0.25, 0.3) is 5.91 Å². The number of likely N-dealkylation sites (tertiary alicyclic amines) is 1. The normalized spacial score (nSPS) is 19.9. The number of benzene rings is 1. The highest BCUT2D eigenvalue weighted by Gasteiger charge is 2.16. The second-order valence-corrected chi connectivity index (χ2v) is 5.96. The van der Waals surface area contributed by atoms with Crippen LogP contribution in [-0.4, -0.2) is 43.5 Å². The first-order chi connectivity index (χ1) is 10.1. The van der Waals surface area contributed by atoms with E-state index in [1.807, 2.05) is 25.1 Å². The molecule has 1 unspecified atom stereocenters. The number of carbonyl (C=O) groups is 1. The van der Waals surface area contributed by atoms with Gasteiger partial charge < -0.3 is 15.5 Å². The summed E-state index contributed by atoms with van der Waals surface area (Å²) in [4.78, 5) is 14.3. The molecule has 4 heteroatoms. The van der Waals surface area contributed by atoms with Crippen molar-refractivity contribution in [3.8, 4) is 0 Å². The van der Waals surface area contributed by atoms with Crippen LogP contribution in [0.3, 0.4) is 0 Å². The zero-order valence-corrected chi connectivity index (χ0v) is 13.4. The molecule has 2 N–H and O–H groups in total. The van der Waals surface area contributed by atoms with E-state index >= 15 is 0 Å². The van der Waals surface area contributed by atoms with Crippen molar-refractivity contribution in [2.24, 2.45) is 0 Å². The predicted octanol–water partition coefficient (Wildman–Crippen LogP) is 2.64. The van der Waals surface area contributed by atoms with Crippen LogP contribution in [-0.2, 0) is 0 Å². The van der Waals surface area contributed by atoms with E-state index in [-0.39, 0.29) is 5.91 Å². The Hall–Kier alpha value is -1.55. The molecule has 21 heavy (non-hydrogen) atoms. The van der Waals surface area contributed by atoms with Crippen molar-refractivity contribution in [2.45, 2.75) is 39.2 Å². The molecule has 1 amide bonds. The molecule has 2 rings (SSSR count). The molecular formula is C17H27N3O. The topological polar surface area (TPSA) is 44.4 Å². The van der Waals surface area contributed by atoms with E-state index < -0.39 is 0 Å². The number of anilines is 1. The van der Waals surface area contributed by atoms with Crippen LogP contribution in [0.25, 0.3) is 0 Å². The van der Waals surface area contributed by atoms with Gasteiger partial charge >= 0.3 is 0 Å². The average molecular weight is 289 g/mol. The Morgan fingerprint density at radius 2 is 2.14 bits per heavy atom. The van der Waals surface area contributed by atoms with Gasteiger partial charge in [-0.1, -0.05) is 6.07 Å². The summed E-state index contributed by atoms with van der Waals surface area (Å²) in [5.41, 5.74) is 3.02. The Balaban J connectivity index is 2.08. The van der Waals surface area contributed by atoms with Crippen molar-refractivity contribution in [1.82, 2.24) is 10.2 Å². The molecule has 1 aromatic carbocycles. The summed E-state index contributed by atoms with van der Waals surface area (Å²) in [6.07, 6.45) is 3.57. The van der Waals surface area contributed by atoms with Gasteiger partial charge in [0.05, 0.1) is 0 Å². The van der Waals surface area contributed by atoms with Crippen molar-refractivity contribution in [1.29, 1.82) is 0 Å². The van der Waals surface area contributed by atoms with E-state index in [4.69, 9.17) is 0 Å². The molecule has 0 radical (unpaired) electrons. The molecule has 0 aliphatic carbocycles. The number of hydrogen-bond donors (Lipinski definition) is 2. The minimum Gasteiger partial charge on any atom is -0.382 e. The number of hydrogen-bond acceptors (Lipinski definition) is 3. The Labute approximate surface area is 127 Å². The Morgan fingerprint density at radius 3 is 2.90 bits per heavy atom. The lowest BCUT2D eigenvalue weighted by atomic mass is 10.1. The monoisotopic (exact) mass is 289 g/mol. The molecule has 4 nitrogen and oxygen atoms in total. The second kappa shape index (κ2) is 7.46. The van der Waals surface area contributed by atoms with Gasteiger partial charge in [-0.2, -0.15) is 0 Å². The van der Waals surface area contributed by atoms with Gasteiger partial charge in [-0.05, 0) is 70.9 Å². The Morgan fingerprint density at radius 1 is 1.33 bits per heavy atom. The van der Waals surface area contributed by atoms with E-state index in [1.54, 1.807) is 0 Å². The molecule has 0 saturated carbocycles. The van der Waals surface area contributed by atoms with Crippen LogP contribution in [0, 0.1) is 6.92 Å². The maximum Gasteiger partial charge on any atom is 0.251 e. The van der Waals surface area contributed by atoms with E-state index in [0.29, 0.717) is 12.6 Å². The maximum atomic E-state index is 12.0. The first-order valence-corrected chi connectivity index (χ1v) is 7.94. The van der Waals surface area contributed by atoms with Crippen LogP contribution in [0.4, 0.5) is 5.69 Å². The molecule has 0 aromatic heterocycles. The van der Waals surface area contributed by atoms with Gasteiger partial charge in [0, 0.05) is 23.8 Å². The number of nitrogens with one attached hydrogen (secondary N) is 2. The first kappa shape index (κ1) is 15.8. The van der Waals surface area contributed by atoms with Crippen LogP contribution in [0.1, 0.15) is 42.1 Å². The summed E-state index contributed by atoms with van der Waals surface area (Å²) in [7, 11) is 2.18. The van der Waals surface area contributed by atoms with Crippen LogP contribution < -0.4 is 10.6 Å². The fourth-order valence-corrected chi connectivity index (χ4v) is 2.79. The fourth-order valence-electron chi connectivity index (χ4n) is 2.79. The van der Waals surface area contributed by atoms with E-state index in [9.17, 15) is 4.79 Å². The third-order valence-corrected chi connectivity index (χ3v) is 4.15. The van der Waals surface area contributed by atoms with E-state index in [0.717, 1.165) is 24.2 Å². The highest BCUT2D eigenvalue weighted by atomic mass is 16.1. The molecule has 1 aromatic rings. The maximum absolute atomic E-state index is 12.0. The molecule has 0 spiro atoms. The van der Waals surface area contributed by atoms with E-state index in [1.165, 1.54) is 24.9 Å².